The molecule has 1 atom stereocenters. The van der Waals surface area contributed by atoms with Crippen LogP contribution in [-0.4, -0.2) is 38.3 Å². The van der Waals surface area contributed by atoms with E-state index < -0.39 is 0 Å². The Bertz CT molecular complexity index is 582. The highest BCUT2D eigenvalue weighted by Gasteiger charge is 2.23. The van der Waals surface area contributed by atoms with Crippen molar-refractivity contribution in [1.29, 1.82) is 0 Å². The minimum atomic E-state index is -0.201. The van der Waals surface area contributed by atoms with Gasteiger partial charge < -0.3 is 19.5 Å². The molecule has 1 aromatic carbocycles. The summed E-state index contributed by atoms with van der Waals surface area (Å²) >= 11 is 0. The maximum atomic E-state index is 5.45. The van der Waals surface area contributed by atoms with Gasteiger partial charge in [0.1, 0.15) is 17.8 Å². The smallest absolute Gasteiger partial charge is 0.216 e. The van der Waals surface area contributed by atoms with Gasteiger partial charge in [-0.3, -0.25) is 0 Å². The zero-order valence-corrected chi connectivity index (χ0v) is 12.6. The third-order valence-corrected chi connectivity index (χ3v) is 3.21. The molecule has 0 fully saturated rings. The van der Waals surface area contributed by atoms with Gasteiger partial charge in [-0.05, 0) is 19.2 Å². The molecule has 6 heteroatoms. The Morgan fingerprint density at radius 3 is 2.19 bits per heavy atom. The SMILES string of the molecule is CNC(c1cc(OC)ncn1)c1c(OC)cccc1OC. The van der Waals surface area contributed by atoms with E-state index in [1.54, 1.807) is 27.4 Å². The zero-order valence-electron chi connectivity index (χ0n) is 12.6. The van der Waals surface area contributed by atoms with E-state index in [1.807, 2.05) is 25.2 Å². The van der Waals surface area contributed by atoms with Gasteiger partial charge in [0, 0.05) is 6.07 Å². The number of benzene rings is 1. The summed E-state index contributed by atoms with van der Waals surface area (Å²) in [6.07, 6.45) is 1.47. The summed E-state index contributed by atoms with van der Waals surface area (Å²) in [6, 6.07) is 7.25. The van der Waals surface area contributed by atoms with Gasteiger partial charge in [0.05, 0.1) is 38.6 Å². The van der Waals surface area contributed by atoms with Crippen molar-refractivity contribution in [3.8, 4) is 17.4 Å². The normalized spacial score (nSPS) is 11.8. The number of nitrogens with one attached hydrogen (secondary N) is 1. The van der Waals surface area contributed by atoms with Crippen molar-refractivity contribution in [1.82, 2.24) is 15.3 Å². The van der Waals surface area contributed by atoms with Gasteiger partial charge in [0.25, 0.3) is 0 Å². The van der Waals surface area contributed by atoms with Gasteiger partial charge in [0.15, 0.2) is 0 Å². The average Bonchev–Trinajstić information content (AvgIpc) is 2.55. The van der Waals surface area contributed by atoms with E-state index in [0.29, 0.717) is 5.88 Å². The summed E-state index contributed by atoms with van der Waals surface area (Å²) < 4.78 is 16.1. The lowest BCUT2D eigenvalue weighted by molar-refractivity contribution is 0.376. The van der Waals surface area contributed by atoms with Gasteiger partial charge in [0.2, 0.25) is 5.88 Å². The molecule has 0 spiro atoms. The Hall–Kier alpha value is -2.34. The van der Waals surface area contributed by atoms with Crippen molar-refractivity contribution in [2.45, 2.75) is 6.04 Å². The van der Waals surface area contributed by atoms with E-state index in [0.717, 1.165) is 22.8 Å². The molecule has 21 heavy (non-hydrogen) atoms. The maximum Gasteiger partial charge on any atom is 0.216 e. The molecule has 0 aliphatic rings. The van der Waals surface area contributed by atoms with Crippen LogP contribution in [0.3, 0.4) is 0 Å². The van der Waals surface area contributed by atoms with Crippen LogP contribution in [-0.2, 0) is 0 Å². The molecule has 0 aliphatic carbocycles. The number of hydrogen-bond acceptors (Lipinski definition) is 6. The van der Waals surface area contributed by atoms with Gasteiger partial charge in [-0.15, -0.1) is 0 Å². The van der Waals surface area contributed by atoms with Crippen molar-refractivity contribution in [2.75, 3.05) is 28.4 Å². The van der Waals surface area contributed by atoms with Crippen LogP contribution in [0.2, 0.25) is 0 Å². The summed E-state index contributed by atoms with van der Waals surface area (Å²) in [5, 5.41) is 3.23. The molecular formula is C15H19N3O3. The Morgan fingerprint density at radius 2 is 1.67 bits per heavy atom. The van der Waals surface area contributed by atoms with E-state index in [2.05, 4.69) is 15.3 Å². The van der Waals surface area contributed by atoms with E-state index in [1.165, 1.54) is 6.33 Å². The van der Waals surface area contributed by atoms with Gasteiger partial charge >= 0.3 is 0 Å². The van der Waals surface area contributed by atoms with Gasteiger partial charge in [-0.25, -0.2) is 9.97 Å². The first kappa shape index (κ1) is 15.1. The second-order valence-corrected chi connectivity index (χ2v) is 4.28. The van der Waals surface area contributed by atoms with Crippen LogP contribution in [0.15, 0.2) is 30.6 Å². The average molecular weight is 289 g/mol. The standard InChI is InChI=1S/C15H19N3O3/c1-16-15(10-8-13(21-4)18-9-17-10)14-11(19-2)6-5-7-12(14)20-3/h5-9,15-16H,1-4H3. The largest absolute Gasteiger partial charge is 0.496 e. The molecule has 0 bridgehead atoms. The molecule has 0 aliphatic heterocycles. The van der Waals surface area contributed by atoms with Crippen LogP contribution in [0.25, 0.3) is 0 Å². The van der Waals surface area contributed by atoms with E-state index >= 15 is 0 Å². The minimum Gasteiger partial charge on any atom is -0.496 e. The molecule has 0 radical (unpaired) electrons. The fraction of sp³-hybridized carbons (Fsp3) is 0.333. The molecule has 1 heterocycles. The fourth-order valence-electron chi connectivity index (χ4n) is 2.23. The van der Waals surface area contributed by atoms with Crippen LogP contribution in [0.5, 0.6) is 17.4 Å². The summed E-state index contributed by atoms with van der Waals surface area (Å²) in [5.41, 5.74) is 1.65. The third kappa shape index (κ3) is 3.05. The highest BCUT2D eigenvalue weighted by Crippen LogP contribution is 2.36. The van der Waals surface area contributed by atoms with Crippen molar-refractivity contribution in [3.05, 3.63) is 41.9 Å². The number of nitrogens with zero attached hydrogens (tertiary/aromatic N) is 2. The predicted octanol–water partition coefficient (Wildman–Crippen LogP) is 1.81. The van der Waals surface area contributed by atoms with Crippen molar-refractivity contribution < 1.29 is 14.2 Å². The van der Waals surface area contributed by atoms with Crippen molar-refractivity contribution in [2.24, 2.45) is 0 Å². The monoisotopic (exact) mass is 289 g/mol. The highest BCUT2D eigenvalue weighted by molar-refractivity contribution is 5.49. The number of aromatic nitrogens is 2. The van der Waals surface area contributed by atoms with E-state index in [4.69, 9.17) is 14.2 Å². The molecule has 0 saturated heterocycles. The predicted molar refractivity (Wildman–Crippen MR) is 79.0 cm³/mol. The highest BCUT2D eigenvalue weighted by atomic mass is 16.5. The van der Waals surface area contributed by atoms with Crippen LogP contribution < -0.4 is 19.5 Å². The zero-order chi connectivity index (χ0) is 15.2. The molecule has 1 unspecified atom stereocenters. The molecule has 112 valence electrons. The second-order valence-electron chi connectivity index (χ2n) is 4.28. The van der Waals surface area contributed by atoms with E-state index in [-0.39, 0.29) is 6.04 Å². The van der Waals surface area contributed by atoms with Crippen molar-refractivity contribution >= 4 is 0 Å². The molecule has 1 N–H and O–H groups in total. The number of hydrogen-bond donors (Lipinski definition) is 1. The lowest BCUT2D eigenvalue weighted by atomic mass is 10.0. The third-order valence-electron chi connectivity index (χ3n) is 3.21. The molecule has 6 nitrogen and oxygen atoms in total. The van der Waals surface area contributed by atoms with Crippen LogP contribution in [0.4, 0.5) is 0 Å². The Morgan fingerprint density at radius 1 is 1.00 bits per heavy atom. The maximum absolute atomic E-state index is 5.45. The molecule has 0 amide bonds. The Kier molecular flexibility index (Phi) is 4.94. The van der Waals surface area contributed by atoms with Crippen LogP contribution in [0.1, 0.15) is 17.3 Å². The second kappa shape index (κ2) is 6.90. The summed E-state index contributed by atoms with van der Waals surface area (Å²) in [6.45, 7) is 0. The summed E-state index contributed by atoms with van der Waals surface area (Å²) in [4.78, 5) is 8.35. The van der Waals surface area contributed by atoms with E-state index in [9.17, 15) is 0 Å². The first-order chi connectivity index (χ1) is 10.2. The van der Waals surface area contributed by atoms with Crippen LogP contribution in [0, 0.1) is 0 Å². The molecular weight excluding hydrogens is 270 g/mol. The quantitative estimate of drug-likeness (QED) is 0.875. The molecule has 2 aromatic rings. The van der Waals surface area contributed by atoms with Crippen molar-refractivity contribution in [3.63, 3.8) is 0 Å². The first-order valence-electron chi connectivity index (χ1n) is 6.49. The van der Waals surface area contributed by atoms with Gasteiger partial charge in [-0.1, -0.05) is 6.07 Å². The molecule has 1 aromatic heterocycles. The minimum absolute atomic E-state index is 0.201. The number of rotatable bonds is 6. The Labute approximate surface area is 124 Å². The number of ether oxygens (including phenoxy) is 3. The first-order valence-corrected chi connectivity index (χ1v) is 6.49. The fourth-order valence-corrected chi connectivity index (χ4v) is 2.23. The lowest BCUT2D eigenvalue weighted by Crippen LogP contribution is -2.20. The Balaban J connectivity index is 2.55. The number of methoxy groups -OCH3 is 3. The molecule has 2 rings (SSSR count). The topological polar surface area (TPSA) is 65.5 Å². The summed E-state index contributed by atoms with van der Waals surface area (Å²) in [7, 11) is 6.69. The van der Waals surface area contributed by atoms with Crippen LogP contribution >= 0.6 is 0 Å². The lowest BCUT2D eigenvalue weighted by Gasteiger charge is -2.21. The molecule has 0 saturated carbocycles. The van der Waals surface area contributed by atoms with Gasteiger partial charge in [-0.2, -0.15) is 0 Å². The summed E-state index contributed by atoms with van der Waals surface area (Å²) in [5.74, 6) is 1.96.